The van der Waals surface area contributed by atoms with E-state index in [1.807, 2.05) is 32.9 Å². The highest BCUT2D eigenvalue weighted by atomic mass is 127. The van der Waals surface area contributed by atoms with Gasteiger partial charge in [-0.05, 0) is 104 Å². The highest BCUT2D eigenvalue weighted by Gasteiger charge is 2.33. The number of anilines is 1. The molecule has 3 rings (SSSR count). The SMILES string of the molecule is COc1ccc(CN(C(=O)CN(c2ccc(I)cc2)S(=O)(=O)c2ccccc2)C(C)C(=O)NC(C)(C)C)cc1. The number of ether oxygens (including phenoxy) is 1. The van der Waals surface area contributed by atoms with Gasteiger partial charge in [0, 0.05) is 15.7 Å². The monoisotopic (exact) mass is 663 g/mol. The van der Waals surface area contributed by atoms with Gasteiger partial charge in [-0.2, -0.15) is 0 Å². The first kappa shape index (κ1) is 30.4. The van der Waals surface area contributed by atoms with Crippen molar-refractivity contribution in [2.24, 2.45) is 0 Å². The van der Waals surface area contributed by atoms with Crippen molar-refractivity contribution in [2.75, 3.05) is 18.0 Å². The summed E-state index contributed by atoms with van der Waals surface area (Å²) in [5.41, 5.74) is 0.611. The van der Waals surface area contributed by atoms with Crippen molar-refractivity contribution in [2.45, 2.75) is 50.7 Å². The molecule has 2 amide bonds. The number of hydrogen-bond donors (Lipinski definition) is 1. The molecule has 0 aromatic heterocycles. The van der Waals surface area contributed by atoms with Gasteiger partial charge >= 0.3 is 0 Å². The van der Waals surface area contributed by atoms with Crippen LogP contribution in [0, 0.1) is 3.57 Å². The van der Waals surface area contributed by atoms with Gasteiger partial charge in [0.15, 0.2) is 0 Å². The molecule has 0 aliphatic heterocycles. The smallest absolute Gasteiger partial charge is 0.264 e. The number of rotatable bonds is 10. The van der Waals surface area contributed by atoms with Crippen molar-refractivity contribution in [1.82, 2.24) is 10.2 Å². The zero-order valence-electron chi connectivity index (χ0n) is 22.7. The summed E-state index contributed by atoms with van der Waals surface area (Å²) < 4.78 is 34.8. The molecule has 0 spiro atoms. The largest absolute Gasteiger partial charge is 0.497 e. The maximum Gasteiger partial charge on any atom is 0.264 e. The lowest BCUT2D eigenvalue weighted by molar-refractivity contribution is -0.140. The van der Waals surface area contributed by atoms with Crippen molar-refractivity contribution in [3.8, 4) is 5.75 Å². The molecule has 208 valence electrons. The lowest BCUT2D eigenvalue weighted by Crippen LogP contribution is -2.54. The van der Waals surface area contributed by atoms with Crippen LogP contribution in [0.2, 0.25) is 0 Å². The van der Waals surface area contributed by atoms with Gasteiger partial charge in [-0.25, -0.2) is 8.42 Å². The molecule has 0 saturated heterocycles. The van der Waals surface area contributed by atoms with E-state index in [-0.39, 0.29) is 17.3 Å². The van der Waals surface area contributed by atoms with Crippen LogP contribution in [0.5, 0.6) is 5.75 Å². The maximum atomic E-state index is 13.9. The van der Waals surface area contributed by atoms with Gasteiger partial charge in [-0.1, -0.05) is 30.3 Å². The molecule has 3 aromatic rings. The van der Waals surface area contributed by atoms with Gasteiger partial charge < -0.3 is 15.0 Å². The highest BCUT2D eigenvalue weighted by molar-refractivity contribution is 14.1. The summed E-state index contributed by atoms with van der Waals surface area (Å²) >= 11 is 2.14. The fraction of sp³-hybridized carbons (Fsp3) is 0.310. The van der Waals surface area contributed by atoms with E-state index in [1.165, 1.54) is 17.0 Å². The molecule has 0 saturated carbocycles. The van der Waals surface area contributed by atoms with Crippen LogP contribution in [0.1, 0.15) is 33.3 Å². The predicted molar refractivity (Wildman–Crippen MR) is 161 cm³/mol. The summed E-state index contributed by atoms with van der Waals surface area (Å²) in [5, 5.41) is 2.92. The minimum atomic E-state index is -4.09. The number of nitrogens with one attached hydrogen (secondary N) is 1. The number of benzene rings is 3. The number of carbonyl (C=O) groups excluding carboxylic acids is 2. The van der Waals surface area contributed by atoms with Crippen molar-refractivity contribution in [3.05, 3.63) is 88.0 Å². The molecule has 0 fully saturated rings. The number of amides is 2. The van der Waals surface area contributed by atoms with Crippen LogP contribution in [0.4, 0.5) is 5.69 Å². The Morgan fingerprint density at radius 2 is 1.54 bits per heavy atom. The van der Waals surface area contributed by atoms with E-state index in [4.69, 9.17) is 4.74 Å². The average Bonchev–Trinajstić information content (AvgIpc) is 2.90. The van der Waals surface area contributed by atoms with Crippen LogP contribution in [0.15, 0.2) is 83.8 Å². The summed E-state index contributed by atoms with van der Waals surface area (Å²) in [6, 6.07) is 21.2. The Morgan fingerprint density at radius 1 is 0.949 bits per heavy atom. The van der Waals surface area contributed by atoms with Crippen LogP contribution >= 0.6 is 22.6 Å². The normalized spacial score (nSPS) is 12.4. The lowest BCUT2D eigenvalue weighted by atomic mass is 10.1. The first-order valence-electron chi connectivity index (χ1n) is 12.4. The lowest BCUT2D eigenvalue weighted by Gasteiger charge is -2.33. The molecule has 10 heteroatoms. The van der Waals surface area contributed by atoms with Crippen LogP contribution < -0.4 is 14.4 Å². The van der Waals surface area contributed by atoms with Crippen LogP contribution in [0.25, 0.3) is 0 Å². The first-order valence-corrected chi connectivity index (χ1v) is 14.9. The Hall–Kier alpha value is -3.12. The number of methoxy groups -OCH3 is 1. The zero-order chi connectivity index (χ0) is 28.8. The zero-order valence-corrected chi connectivity index (χ0v) is 25.7. The predicted octanol–water partition coefficient (Wildman–Crippen LogP) is 4.83. The summed E-state index contributed by atoms with van der Waals surface area (Å²) in [4.78, 5) is 28.5. The fourth-order valence-electron chi connectivity index (χ4n) is 3.84. The summed E-state index contributed by atoms with van der Waals surface area (Å²) in [6.45, 7) is 6.84. The van der Waals surface area contributed by atoms with E-state index in [0.29, 0.717) is 11.4 Å². The molecule has 0 radical (unpaired) electrons. The number of carbonyl (C=O) groups is 2. The number of hydrogen-bond acceptors (Lipinski definition) is 5. The van der Waals surface area contributed by atoms with Crippen LogP contribution in [-0.2, 0) is 26.2 Å². The Morgan fingerprint density at radius 3 is 2.08 bits per heavy atom. The van der Waals surface area contributed by atoms with E-state index in [9.17, 15) is 18.0 Å². The van der Waals surface area contributed by atoms with Gasteiger partial charge in [-0.15, -0.1) is 0 Å². The molecule has 1 unspecified atom stereocenters. The molecule has 8 nitrogen and oxygen atoms in total. The van der Waals surface area contributed by atoms with Gasteiger partial charge in [0.05, 0.1) is 17.7 Å². The van der Waals surface area contributed by atoms with E-state index in [1.54, 1.807) is 68.6 Å². The number of halogens is 1. The van der Waals surface area contributed by atoms with Crippen molar-refractivity contribution >= 4 is 50.1 Å². The molecule has 1 N–H and O–H groups in total. The Bertz CT molecular complexity index is 1370. The number of sulfonamides is 1. The summed E-state index contributed by atoms with van der Waals surface area (Å²) in [6.07, 6.45) is 0. The minimum absolute atomic E-state index is 0.0663. The van der Waals surface area contributed by atoms with Crippen molar-refractivity contribution in [3.63, 3.8) is 0 Å². The van der Waals surface area contributed by atoms with E-state index >= 15 is 0 Å². The third-order valence-corrected chi connectivity index (χ3v) is 8.41. The molecule has 3 aromatic carbocycles. The molecular weight excluding hydrogens is 629 g/mol. The highest BCUT2D eigenvalue weighted by Crippen LogP contribution is 2.25. The van der Waals surface area contributed by atoms with Crippen molar-refractivity contribution in [1.29, 1.82) is 0 Å². The molecule has 1 atom stereocenters. The molecule has 0 bridgehead atoms. The Kier molecular flexibility index (Phi) is 10.0. The third kappa shape index (κ3) is 8.18. The topological polar surface area (TPSA) is 96.0 Å². The standard InChI is InChI=1S/C29H34IN3O5S/c1-21(28(35)31-29(2,3)4)32(19-22-11-17-25(38-5)18-12-22)27(34)20-33(24-15-13-23(30)14-16-24)39(36,37)26-9-7-6-8-10-26/h6-18,21H,19-20H2,1-5H3,(H,31,35). The Labute approximate surface area is 244 Å². The second kappa shape index (κ2) is 12.8. The number of nitrogens with zero attached hydrogens (tertiary/aromatic N) is 2. The average molecular weight is 664 g/mol. The second-order valence-electron chi connectivity index (χ2n) is 10.1. The van der Waals surface area contributed by atoms with Crippen LogP contribution in [-0.4, -0.2) is 50.4 Å². The molecule has 0 aliphatic carbocycles. The van der Waals surface area contributed by atoms with E-state index in [2.05, 4.69) is 27.9 Å². The van der Waals surface area contributed by atoms with Gasteiger partial charge in [0.25, 0.3) is 10.0 Å². The van der Waals surface area contributed by atoms with Gasteiger partial charge in [-0.3, -0.25) is 13.9 Å². The molecule has 0 aliphatic rings. The fourth-order valence-corrected chi connectivity index (χ4v) is 5.63. The Balaban J connectivity index is 2.01. The summed E-state index contributed by atoms with van der Waals surface area (Å²) in [5.74, 6) is -0.189. The third-order valence-electron chi connectivity index (χ3n) is 5.90. The molecular formula is C29H34IN3O5S. The van der Waals surface area contributed by atoms with Crippen LogP contribution in [0.3, 0.4) is 0 Å². The summed E-state index contributed by atoms with van der Waals surface area (Å²) in [7, 11) is -2.52. The van der Waals surface area contributed by atoms with Crippen molar-refractivity contribution < 1.29 is 22.7 Å². The molecule has 0 heterocycles. The quantitative estimate of drug-likeness (QED) is 0.314. The van der Waals surface area contributed by atoms with Gasteiger partial charge in [0.2, 0.25) is 11.8 Å². The first-order chi connectivity index (χ1) is 18.3. The van der Waals surface area contributed by atoms with E-state index in [0.717, 1.165) is 13.4 Å². The van der Waals surface area contributed by atoms with E-state index < -0.39 is 34.1 Å². The second-order valence-corrected chi connectivity index (χ2v) is 13.2. The maximum absolute atomic E-state index is 13.9. The van der Waals surface area contributed by atoms with Gasteiger partial charge in [0.1, 0.15) is 18.3 Å². The minimum Gasteiger partial charge on any atom is -0.497 e. The molecule has 39 heavy (non-hydrogen) atoms.